The number of hydrogen-bond acceptors (Lipinski definition) is 6. The van der Waals surface area contributed by atoms with E-state index in [1.807, 2.05) is 36.4 Å². The first-order valence-electron chi connectivity index (χ1n) is 8.90. The molecule has 2 aromatic rings. The van der Waals surface area contributed by atoms with Crippen LogP contribution in [0.15, 0.2) is 54.6 Å². The van der Waals surface area contributed by atoms with Crippen molar-refractivity contribution in [1.29, 1.82) is 0 Å². The number of anilines is 1. The summed E-state index contributed by atoms with van der Waals surface area (Å²) in [6.45, 7) is 0.0784. The summed E-state index contributed by atoms with van der Waals surface area (Å²) in [6, 6.07) is 15.3. The maximum absolute atomic E-state index is 12.5. The lowest BCUT2D eigenvalue weighted by molar-refractivity contribution is -0.143. The van der Waals surface area contributed by atoms with Crippen LogP contribution in [0, 0.1) is 0 Å². The van der Waals surface area contributed by atoms with Crippen LogP contribution in [0.5, 0.6) is 0 Å². The van der Waals surface area contributed by atoms with E-state index in [2.05, 4.69) is 10.6 Å². The molecule has 1 unspecified atom stereocenters. The minimum absolute atomic E-state index is 0.0669. The van der Waals surface area contributed by atoms with Gasteiger partial charge in [0.25, 0.3) is 0 Å². The summed E-state index contributed by atoms with van der Waals surface area (Å²) in [7, 11) is 2.96. The second kappa shape index (κ2) is 10.7. The van der Waals surface area contributed by atoms with Gasteiger partial charge < -0.3 is 20.1 Å². The number of nitrogens with one attached hydrogen (secondary N) is 2. The van der Waals surface area contributed by atoms with Crippen molar-refractivity contribution >= 4 is 23.5 Å². The zero-order valence-corrected chi connectivity index (χ0v) is 15.9. The van der Waals surface area contributed by atoms with Crippen molar-refractivity contribution in [1.82, 2.24) is 5.32 Å². The van der Waals surface area contributed by atoms with Crippen LogP contribution in [0.1, 0.15) is 28.8 Å². The fourth-order valence-electron chi connectivity index (χ4n) is 2.65. The summed E-state index contributed by atoms with van der Waals surface area (Å²) in [5, 5.41) is 5.43. The lowest BCUT2D eigenvalue weighted by atomic mass is 10.0. The second-order valence-electron chi connectivity index (χ2n) is 6.04. The first-order chi connectivity index (χ1) is 13.5. The Labute approximate surface area is 164 Å². The Kier molecular flexibility index (Phi) is 8.02. The Balaban J connectivity index is 1.93. The van der Waals surface area contributed by atoms with Crippen molar-refractivity contribution in [2.45, 2.75) is 25.5 Å². The van der Waals surface area contributed by atoms with Crippen molar-refractivity contribution in [2.75, 3.05) is 19.5 Å². The quantitative estimate of drug-likeness (QED) is 0.510. The summed E-state index contributed by atoms with van der Waals surface area (Å²) in [5.74, 6) is -0.773. The average Bonchev–Trinajstić information content (AvgIpc) is 2.75. The van der Waals surface area contributed by atoms with Gasteiger partial charge >= 0.3 is 12.1 Å². The Morgan fingerprint density at radius 2 is 1.68 bits per heavy atom. The van der Waals surface area contributed by atoms with Crippen LogP contribution >= 0.6 is 0 Å². The molecule has 2 rings (SSSR count). The maximum atomic E-state index is 12.5. The summed E-state index contributed by atoms with van der Waals surface area (Å²) in [5.41, 5.74) is 2.06. The Bertz CT molecular complexity index is 807. The van der Waals surface area contributed by atoms with Gasteiger partial charge in [-0.05, 0) is 24.1 Å². The number of esters is 1. The number of para-hydroxylation sites is 1. The zero-order valence-electron chi connectivity index (χ0n) is 15.9. The number of alkyl carbamates (subject to hydrolysis) is 1. The fourth-order valence-corrected chi connectivity index (χ4v) is 2.65. The number of ether oxygens (including phenoxy) is 2. The molecule has 7 nitrogen and oxygen atoms in total. The van der Waals surface area contributed by atoms with Crippen molar-refractivity contribution in [3.63, 3.8) is 0 Å². The van der Waals surface area contributed by atoms with Gasteiger partial charge in [0, 0.05) is 24.7 Å². The van der Waals surface area contributed by atoms with E-state index in [-0.39, 0.29) is 25.2 Å². The average molecular weight is 384 g/mol. The van der Waals surface area contributed by atoms with Gasteiger partial charge in [-0.15, -0.1) is 0 Å². The third kappa shape index (κ3) is 6.12. The lowest BCUT2D eigenvalue weighted by Gasteiger charge is -2.16. The smallest absolute Gasteiger partial charge is 0.408 e. The van der Waals surface area contributed by atoms with Crippen LogP contribution in [0.25, 0.3) is 0 Å². The molecule has 0 fully saturated rings. The molecule has 7 heteroatoms. The summed E-state index contributed by atoms with van der Waals surface area (Å²) >= 11 is 0. The Morgan fingerprint density at radius 3 is 2.36 bits per heavy atom. The summed E-state index contributed by atoms with van der Waals surface area (Å²) < 4.78 is 9.85. The molecule has 0 aromatic heterocycles. The number of ketones is 1. The largest absolute Gasteiger partial charge is 0.467 e. The highest BCUT2D eigenvalue weighted by Crippen LogP contribution is 2.17. The molecule has 0 heterocycles. The monoisotopic (exact) mass is 384 g/mol. The molecule has 148 valence electrons. The van der Waals surface area contributed by atoms with E-state index in [1.165, 1.54) is 7.11 Å². The highest BCUT2D eigenvalue weighted by Gasteiger charge is 2.24. The number of carbonyl (C=O) groups is 3. The van der Waals surface area contributed by atoms with Gasteiger partial charge in [-0.25, -0.2) is 9.59 Å². The molecule has 2 N–H and O–H groups in total. The van der Waals surface area contributed by atoms with Crippen molar-refractivity contribution in [3.8, 4) is 0 Å². The third-order valence-corrected chi connectivity index (χ3v) is 4.15. The van der Waals surface area contributed by atoms with E-state index in [0.717, 1.165) is 5.56 Å². The van der Waals surface area contributed by atoms with Crippen LogP contribution < -0.4 is 10.6 Å². The van der Waals surface area contributed by atoms with E-state index >= 15 is 0 Å². The van der Waals surface area contributed by atoms with Crippen LogP contribution in [0.4, 0.5) is 10.5 Å². The highest BCUT2D eigenvalue weighted by atomic mass is 16.6. The minimum atomic E-state index is -0.973. The number of benzene rings is 2. The van der Waals surface area contributed by atoms with E-state index in [1.54, 1.807) is 25.2 Å². The fraction of sp³-hybridized carbons (Fsp3) is 0.286. The number of carbonyl (C=O) groups excluding carboxylic acids is 3. The number of rotatable bonds is 9. The Morgan fingerprint density at radius 1 is 1.00 bits per heavy atom. The third-order valence-electron chi connectivity index (χ3n) is 4.15. The summed E-state index contributed by atoms with van der Waals surface area (Å²) in [6.07, 6.45) is -0.580. The number of amides is 1. The van der Waals surface area contributed by atoms with E-state index in [0.29, 0.717) is 11.3 Å². The van der Waals surface area contributed by atoms with Gasteiger partial charge in [-0.3, -0.25) is 4.79 Å². The van der Waals surface area contributed by atoms with Gasteiger partial charge in [-0.2, -0.15) is 0 Å². The topological polar surface area (TPSA) is 93.7 Å². The normalized spacial score (nSPS) is 11.2. The molecular weight excluding hydrogens is 360 g/mol. The molecule has 0 aliphatic carbocycles. The number of Topliss-reactive ketones (excluding diaryl/α,β-unsaturated/α-hetero) is 1. The van der Waals surface area contributed by atoms with Crippen molar-refractivity contribution in [3.05, 3.63) is 65.7 Å². The molecule has 0 spiro atoms. The van der Waals surface area contributed by atoms with Gasteiger partial charge in [0.2, 0.25) is 0 Å². The molecule has 0 radical (unpaired) electrons. The minimum Gasteiger partial charge on any atom is -0.467 e. The second-order valence-corrected chi connectivity index (χ2v) is 6.04. The van der Waals surface area contributed by atoms with Crippen LogP contribution in [-0.4, -0.2) is 38.0 Å². The molecule has 1 atom stereocenters. The van der Waals surface area contributed by atoms with Crippen LogP contribution in [0.3, 0.4) is 0 Å². The van der Waals surface area contributed by atoms with E-state index in [4.69, 9.17) is 9.47 Å². The zero-order chi connectivity index (χ0) is 20.4. The molecule has 1 amide bonds. The molecular formula is C21H24N2O5. The summed E-state index contributed by atoms with van der Waals surface area (Å²) in [4.78, 5) is 36.5. The number of hydrogen-bond donors (Lipinski definition) is 2. The van der Waals surface area contributed by atoms with Crippen LogP contribution in [0.2, 0.25) is 0 Å². The maximum Gasteiger partial charge on any atom is 0.408 e. The molecule has 0 saturated carbocycles. The van der Waals surface area contributed by atoms with E-state index < -0.39 is 18.1 Å². The standard InChI is InChI=1S/C21H24N2O5/c1-22-17-11-7-6-10-16(17)19(24)13-12-18(20(25)27-2)23-21(26)28-14-15-8-4-3-5-9-15/h3-11,18,22H,12-14H2,1-2H3,(H,23,26). The molecule has 28 heavy (non-hydrogen) atoms. The van der Waals surface area contributed by atoms with Gasteiger partial charge in [-0.1, -0.05) is 42.5 Å². The first kappa shape index (κ1) is 21.0. The van der Waals surface area contributed by atoms with Crippen LogP contribution in [-0.2, 0) is 20.9 Å². The molecule has 0 bridgehead atoms. The van der Waals surface area contributed by atoms with Crippen molar-refractivity contribution < 1.29 is 23.9 Å². The molecule has 2 aromatic carbocycles. The van der Waals surface area contributed by atoms with Gasteiger partial charge in [0.1, 0.15) is 12.6 Å². The van der Waals surface area contributed by atoms with E-state index in [9.17, 15) is 14.4 Å². The van der Waals surface area contributed by atoms with Gasteiger partial charge in [0.05, 0.1) is 7.11 Å². The van der Waals surface area contributed by atoms with Crippen molar-refractivity contribution in [2.24, 2.45) is 0 Å². The van der Waals surface area contributed by atoms with Gasteiger partial charge in [0.15, 0.2) is 5.78 Å². The Hall–Kier alpha value is -3.35. The predicted molar refractivity (Wildman–Crippen MR) is 105 cm³/mol. The lowest BCUT2D eigenvalue weighted by Crippen LogP contribution is -2.42. The highest BCUT2D eigenvalue weighted by molar-refractivity contribution is 6.01. The predicted octanol–water partition coefficient (Wildman–Crippen LogP) is 3.16. The number of methoxy groups -OCH3 is 1. The first-order valence-corrected chi connectivity index (χ1v) is 8.90. The molecule has 0 saturated heterocycles. The molecule has 0 aliphatic rings. The molecule has 0 aliphatic heterocycles. The SMILES string of the molecule is CNc1ccccc1C(=O)CCC(NC(=O)OCc1ccccc1)C(=O)OC.